The van der Waals surface area contributed by atoms with E-state index in [-0.39, 0.29) is 5.97 Å². The molecule has 21 heavy (non-hydrogen) atoms. The Labute approximate surface area is 132 Å². The third-order valence-corrected chi connectivity index (χ3v) is 3.81. The van der Waals surface area contributed by atoms with Crippen LogP contribution in [0.15, 0.2) is 11.6 Å². The van der Waals surface area contributed by atoms with Crippen LogP contribution in [-0.4, -0.2) is 12.6 Å². The maximum atomic E-state index is 11.7. The van der Waals surface area contributed by atoms with Gasteiger partial charge >= 0.3 is 5.97 Å². The van der Waals surface area contributed by atoms with Crippen molar-refractivity contribution in [1.29, 1.82) is 0 Å². The highest BCUT2D eigenvalue weighted by atomic mass is 16.5. The molecule has 0 aliphatic heterocycles. The van der Waals surface area contributed by atoms with Crippen molar-refractivity contribution in [2.24, 2.45) is 0 Å². The standard InChI is InChI=1S/C19H36O2/c1-4-6-8-10-11-12-13-14-16-18(3)19(20)21-17-15-9-7-5-2/h16H,4-15,17H2,1-3H3. The van der Waals surface area contributed by atoms with Gasteiger partial charge < -0.3 is 4.74 Å². The molecule has 2 heteroatoms. The molecule has 2 nitrogen and oxygen atoms in total. The van der Waals surface area contributed by atoms with Crippen molar-refractivity contribution in [1.82, 2.24) is 0 Å². The maximum absolute atomic E-state index is 11.7. The molecule has 0 aromatic carbocycles. The summed E-state index contributed by atoms with van der Waals surface area (Å²) in [4.78, 5) is 11.7. The summed E-state index contributed by atoms with van der Waals surface area (Å²) in [6.07, 6.45) is 16.8. The van der Waals surface area contributed by atoms with E-state index in [9.17, 15) is 4.79 Å². The molecule has 0 aliphatic carbocycles. The van der Waals surface area contributed by atoms with E-state index in [4.69, 9.17) is 4.74 Å². The minimum Gasteiger partial charge on any atom is -0.462 e. The largest absolute Gasteiger partial charge is 0.462 e. The number of ether oxygens (including phenoxy) is 1. The zero-order chi connectivity index (χ0) is 15.8. The maximum Gasteiger partial charge on any atom is 0.333 e. The first-order valence-corrected chi connectivity index (χ1v) is 9.06. The normalized spacial score (nSPS) is 11.7. The van der Waals surface area contributed by atoms with Crippen LogP contribution in [0.2, 0.25) is 0 Å². The Bertz CT molecular complexity index is 269. The van der Waals surface area contributed by atoms with Crippen LogP contribution in [0.1, 0.15) is 97.8 Å². The van der Waals surface area contributed by atoms with Crippen molar-refractivity contribution in [3.8, 4) is 0 Å². The average molecular weight is 296 g/mol. The summed E-state index contributed by atoms with van der Waals surface area (Å²) in [5.41, 5.74) is 0.775. The first-order valence-electron chi connectivity index (χ1n) is 9.06. The third-order valence-electron chi connectivity index (χ3n) is 3.81. The minimum absolute atomic E-state index is 0.130. The van der Waals surface area contributed by atoms with E-state index in [1.807, 2.05) is 13.0 Å². The summed E-state index contributed by atoms with van der Waals surface area (Å²) < 4.78 is 5.27. The van der Waals surface area contributed by atoms with Crippen LogP contribution in [0.25, 0.3) is 0 Å². The lowest BCUT2D eigenvalue weighted by Crippen LogP contribution is -2.07. The summed E-state index contributed by atoms with van der Waals surface area (Å²) in [6, 6.07) is 0. The molecule has 0 amide bonds. The molecule has 0 spiro atoms. The van der Waals surface area contributed by atoms with Gasteiger partial charge in [-0.15, -0.1) is 0 Å². The number of esters is 1. The first-order chi connectivity index (χ1) is 10.2. The van der Waals surface area contributed by atoms with Crippen molar-refractivity contribution in [2.45, 2.75) is 97.8 Å². The lowest BCUT2D eigenvalue weighted by Gasteiger charge is -2.05. The van der Waals surface area contributed by atoms with E-state index in [0.717, 1.165) is 24.8 Å². The summed E-state index contributed by atoms with van der Waals surface area (Å²) in [6.45, 7) is 6.87. The van der Waals surface area contributed by atoms with Gasteiger partial charge in [-0.1, -0.05) is 77.7 Å². The van der Waals surface area contributed by atoms with Crippen LogP contribution in [-0.2, 0) is 9.53 Å². The van der Waals surface area contributed by atoms with Gasteiger partial charge in [0.1, 0.15) is 0 Å². The molecule has 0 unspecified atom stereocenters. The molecule has 0 bridgehead atoms. The molecule has 0 aliphatic rings. The molecule has 0 saturated heterocycles. The molecule has 0 aromatic rings. The molecule has 0 saturated carbocycles. The van der Waals surface area contributed by atoms with Crippen LogP contribution in [0.3, 0.4) is 0 Å². The van der Waals surface area contributed by atoms with Gasteiger partial charge in [0.25, 0.3) is 0 Å². The topological polar surface area (TPSA) is 26.3 Å². The Hall–Kier alpha value is -0.790. The van der Waals surface area contributed by atoms with Crippen molar-refractivity contribution in [3.05, 3.63) is 11.6 Å². The van der Waals surface area contributed by atoms with Gasteiger partial charge in [0.15, 0.2) is 0 Å². The number of rotatable bonds is 14. The highest BCUT2D eigenvalue weighted by molar-refractivity contribution is 5.87. The van der Waals surface area contributed by atoms with Crippen LogP contribution in [0, 0.1) is 0 Å². The monoisotopic (exact) mass is 296 g/mol. The van der Waals surface area contributed by atoms with Gasteiger partial charge in [0.05, 0.1) is 6.61 Å². The summed E-state index contributed by atoms with van der Waals surface area (Å²) in [5, 5.41) is 0. The Morgan fingerprint density at radius 3 is 1.95 bits per heavy atom. The van der Waals surface area contributed by atoms with E-state index in [0.29, 0.717) is 6.61 Å². The molecule has 124 valence electrons. The number of carbonyl (C=O) groups excluding carboxylic acids is 1. The van der Waals surface area contributed by atoms with Crippen LogP contribution < -0.4 is 0 Å². The Balaban J connectivity index is 3.51. The Morgan fingerprint density at radius 2 is 1.33 bits per heavy atom. The fourth-order valence-electron chi connectivity index (χ4n) is 2.31. The van der Waals surface area contributed by atoms with Gasteiger partial charge in [0, 0.05) is 5.57 Å². The molecule has 0 aromatic heterocycles. The number of carbonyl (C=O) groups is 1. The fourth-order valence-corrected chi connectivity index (χ4v) is 2.31. The van der Waals surface area contributed by atoms with Gasteiger partial charge in [0.2, 0.25) is 0 Å². The molecule has 0 N–H and O–H groups in total. The van der Waals surface area contributed by atoms with Gasteiger partial charge in [-0.05, 0) is 26.2 Å². The number of hydrogen-bond acceptors (Lipinski definition) is 2. The molecule has 0 rings (SSSR count). The van der Waals surface area contributed by atoms with Crippen LogP contribution in [0.4, 0.5) is 0 Å². The average Bonchev–Trinajstić information content (AvgIpc) is 2.49. The Morgan fingerprint density at radius 1 is 0.810 bits per heavy atom. The van der Waals surface area contributed by atoms with E-state index in [2.05, 4.69) is 13.8 Å². The van der Waals surface area contributed by atoms with Crippen molar-refractivity contribution >= 4 is 5.97 Å². The number of hydrogen-bond donors (Lipinski definition) is 0. The van der Waals surface area contributed by atoms with Crippen molar-refractivity contribution < 1.29 is 9.53 Å². The zero-order valence-corrected chi connectivity index (χ0v) is 14.6. The molecule has 0 heterocycles. The van der Waals surface area contributed by atoms with Gasteiger partial charge in [-0.25, -0.2) is 4.79 Å². The quantitative estimate of drug-likeness (QED) is 0.217. The number of allylic oxidation sites excluding steroid dienone is 1. The highest BCUT2D eigenvalue weighted by Gasteiger charge is 2.04. The predicted molar refractivity (Wildman–Crippen MR) is 91.5 cm³/mol. The molecule has 0 fully saturated rings. The molecular weight excluding hydrogens is 260 g/mol. The summed E-state index contributed by atoms with van der Waals surface area (Å²) in [5.74, 6) is -0.130. The SMILES string of the molecule is CCCCCCCCCC=C(C)C(=O)OCCCCCC. The second-order valence-corrected chi connectivity index (χ2v) is 5.99. The van der Waals surface area contributed by atoms with E-state index in [1.54, 1.807) is 0 Å². The lowest BCUT2D eigenvalue weighted by atomic mass is 10.1. The second-order valence-electron chi connectivity index (χ2n) is 5.99. The minimum atomic E-state index is -0.130. The fraction of sp³-hybridized carbons (Fsp3) is 0.842. The molecular formula is C19H36O2. The lowest BCUT2D eigenvalue weighted by molar-refractivity contribution is -0.139. The van der Waals surface area contributed by atoms with Gasteiger partial charge in [-0.3, -0.25) is 0 Å². The smallest absolute Gasteiger partial charge is 0.333 e. The van der Waals surface area contributed by atoms with Crippen LogP contribution >= 0.6 is 0 Å². The van der Waals surface area contributed by atoms with E-state index >= 15 is 0 Å². The molecule has 0 radical (unpaired) electrons. The van der Waals surface area contributed by atoms with E-state index < -0.39 is 0 Å². The third kappa shape index (κ3) is 13.9. The second kappa shape index (κ2) is 15.6. The molecule has 0 atom stereocenters. The van der Waals surface area contributed by atoms with E-state index in [1.165, 1.54) is 57.8 Å². The summed E-state index contributed by atoms with van der Waals surface area (Å²) in [7, 11) is 0. The van der Waals surface area contributed by atoms with Crippen LogP contribution in [0.5, 0.6) is 0 Å². The highest BCUT2D eigenvalue weighted by Crippen LogP contribution is 2.10. The van der Waals surface area contributed by atoms with Gasteiger partial charge in [-0.2, -0.15) is 0 Å². The Kier molecular flexibility index (Phi) is 15.0. The predicted octanol–water partition coefficient (Wildman–Crippen LogP) is 6.20. The number of unbranched alkanes of at least 4 members (excludes halogenated alkanes) is 10. The first kappa shape index (κ1) is 20.2. The van der Waals surface area contributed by atoms with Crippen molar-refractivity contribution in [2.75, 3.05) is 6.61 Å². The zero-order valence-electron chi connectivity index (χ0n) is 14.6. The summed E-state index contributed by atoms with van der Waals surface area (Å²) >= 11 is 0. The van der Waals surface area contributed by atoms with Crippen molar-refractivity contribution in [3.63, 3.8) is 0 Å².